The molecule has 3 rings (SSSR count). The van der Waals surface area contributed by atoms with Crippen molar-refractivity contribution >= 4 is 16.6 Å². The Morgan fingerprint density at radius 1 is 1.25 bits per heavy atom. The Kier molecular flexibility index (Phi) is 3.16. The van der Waals surface area contributed by atoms with Gasteiger partial charge in [0.05, 0.1) is 18.8 Å². The maximum atomic E-state index is 9.74. The summed E-state index contributed by atoms with van der Waals surface area (Å²) in [7, 11) is 1.53. The fourth-order valence-electron chi connectivity index (χ4n) is 2.10. The number of hydrogen-bond donors (Lipinski definition) is 3. The number of anilines is 1. The van der Waals surface area contributed by atoms with E-state index in [1.54, 1.807) is 18.3 Å². The average Bonchev–Trinajstić information content (AvgIpc) is 2.92. The average molecular weight is 269 g/mol. The van der Waals surface area contributed by atoms with Crippen LogP contribution in [-0.2, 0) is 6.54 Å². The molecular weight excluding hydrogens is 254 g/mol. The normalized spacial score (nSPS) is 10.7. The van der Waals surface area contributed by atoms with Crippen LogP contribution >= 0.6 is 0 Å². The van der Waals surface area contributed by atoms with Gasteiger partial charge in [-0.15, -0.1) is 0 Å². The molecule has 1 aromatic heterocycles. The molecule has 20 heavy (non-hydrogen) atoms. The zero-order valence-corrected chi connectivity index (χ0v) is 11.1. The van der Waals surface area contributed by atoms with E-state index in [4.69, 9.17) is 4.74 Å². The summed E-state index contributed by atoms with van der Waals surface area (Å²) in [6.07, 6.45) is 1.79. The maximum Gasteiger partial charge on any atom is 0.160 e. The van der Waals surface area contributed by atoms with Gasteiger partial charge in [-0.1, -0.05) is 6.07 Å². The summed E-state index contributed by atoms with van der Waals surface area (Å²) in [6.45, 7) is 0.622. The van der Waals surface area contributed by atoms with Crippen LogP contribution in [0.1, 0.15) is 5.56 Å². The fourth-order valence-corrected chi connectivity index (χ4v) is 2.10. The van der Waals surface area contributed by atoms with Gasteiger partial charge in [-0.25, -0.2) is 0 Å². The van der Waals surface area contributed by atoms with Gasteiger partial charge in [0.1, 0.15) is 0 Å². The molecule has 0 unspecified atom stereocenters. The van der Waals surface area contributed by atoms with E-state index in [1.807, 2.05) is 24.3 Å². The second-order valence-corrected chi connectivity index (χ2v) is 4.53. The Morgan fingerprint density at radius 3 is 2.95 bits per heavy atom. The number of aromatic hydroxyl groups is 1. The molecule has 0 aliphatic carbocycles. The molecule has 0 spiro atoms. The maximum absolute atomic E-state index is 9.74. The molecule has 3 aromatic rings. The zero-order valence-electron chi connectivity index (χ0n) is 11.1. The van der Waals surface area contributed by atoms with E-state index >= 15 is 0 Å². The van der Waals surface area contributed by atoms with E-state index in [1.165, 1.54) is 7.11 Å². The number of phenolic OH excluding ortho intramolecular Hbond substituents is 1. The van der Waals surface area contributed by atoms with Crippen LogP contribution in [0.4, 0.5) is 5.69 Å². The molecule has 0 saturated heterocycles. The molecule has 5 heteroatoms. The van der Waals surface area contributed by atoms with Crippen molar-refractivity contribution in [3.8, 4) is 11.5 Å². The lowest BCUT2D eigenvalue weighted by atomic mass is 10.2. The quantitative estimate of drug-likeness (QED) is 0.681. The van der Waals surface area contributed by atoms with Gasteiger partial charge in [0, 0.05) is 17.6 Å². The molecule has 0 bridgehead atoms. The molecule has 0 amide bonds. The Labute approximate surface area is 116 Å². The number of nitrogens with one attached hydrogen (secondary N) is 2. The van der Waals surface area contributed by atoms with Crippen molar-refractivity contribution in [1.29, 1.82) is 0 Å². The minimum absolute atomic E-state index is 0.149. The van der Waals surface area contributed by atoms with Gasteiger partial charge in [0.15, 0.2) is 11.5 Å². The predicted octanol–water partition coefficient (Wildman–Crippen LogP) is 2.89. The minimum atomic E-state index is 0.149. The number of benzene rings is 2. The van der Waals surface area contributed by atoms with Crippen molar-refractivity contribution in [2.24, 2.45) is 0 Å². The summed E-state index contributed by atoms with van der Waals surface area (Å²) >= 11 is 0. The highest BCUT2D eigenvalue weighted by molar-refractivity contribution is 5.81. The lowest BCUT2D eigenvalue weighted by molar-refractivity contribution is 0.373. The van der Waals surface area contributed by atoms with Crippen molar-refractivity contribution in [3.63, 3.8) is 0 Å². The number of H-pyrrole nitrogens is 1. The summed E-state index contributed by atoms with van der Waals surface area (Å²) in [6, 6.07) is 11.4. The first-order chi connectivity index (χ1) is 9.76. The topological polar surface area (TPSA) is 70.2 Å². The van der Waals surface area contributed by atoms with E-state index in [0.717, 1.165) is 22.2 Å². The molecule has 0 aliphatic heterocycles. The Morgan fingerprint density at radius 2 is 2.15 bits per heavy atom. The number of phenols is 1. The molecule has 102 valence electrons. The minimum Gasteiger partial charge on any atom is -0.504 e. The van der Waals surface area contributed by atoms with E-state index in [0.29, 0.717) is 12.3 Å². The summed E-state index contributed by atoms with van der Waals surface area (Å²) < 4.78 is 5.02. The van der Waals surface area contributed by atoms with E-state index < -0.39 is 0 Å². The van der Waals surface area contributed by atoms with Crippen LogP contribution < -0.4 is 10.1 Å². The van der Waals surface area contributed by atoms with E-state index in [2.05, 4.69) is 15.5 Å². The predicted molar refractivity (Wildman–Crippen MR) is 78.1 cm³/mol. The standard InChI is InChI=1S/C15H15N3O2/c1-20-15-5-2-10(6-14(15)19)8-16-12-4-3-11-9-17-18-13(11)7-12/h2-7,9,16,19H,8H2,1H3,(H,17,18). The molecule has 0 saturated carbocycles. The Balaban J connectivity index is 1.73. The van der Waals surface area contributed by atoms with Crippen LogP contribution in [0.5, 0.6) is 11.5 Å². The molecule has 2 aromatic carbocycles. The Bertz CT molecular complexity index is 737. The van der Waals surface area contributed by atoms with Crippen LogP contribution in [0, 0.1) is 0 Å². The first-order valence-electron chi connectivity index (χ1n) is 6.29. The van der Waals surface area contributed by atoms with Gasteiger partial charge in [0.2, 0.25) is 0 Å². The van der Waals surface area contributed by atoms with Gasteiger partial charge in [-0.3, -0.25) is 5.10 Å². The molecule has 0 atom stereocenters. The third-order valence-corrected chi connectivity index (χ3v) is 3.18. The molecule has 5 nitrogen and oxygen atoms in total. The fraction of sp³-hybridized carbons (Fsp3) is 0.133. The van der Waals surface area contributed by atoms with Gasteiger partial charge < -0.3 is 15.2 Å². The first-order valence-corrected chi connectivity index (χ1v) is 6.29. The number of aromatic nitrogens is 2. The molecule has 1 heterocycles. The van der Waals surface area contributed by atoms with Crippen molar-refractivity contribution in [2.45, 2.75) is 6.54 Å². The van der Waals surface area contributed by atoms with Gasteiger partial charge in [-0.2, -0.15) is 5.10 Å². The zero-order chi connectivity index (χ0) is 13.9. The number of aromatic amines is 1. The molecular formula is C15H15N3O2. The first kappa shape index (κ1) is 12.3. The number of nitrogens with zero attached hydrogens (tertiary/aromatic N) is 1. The number of hydrogen-bond acceptors (Lipinski definition) is 4. The molecule has 3 N–H and O–H groups in total. The second kappa shape index (κ2) is 5.13. The summed E-state index contributed by atoms with van der Waals surface area (Å²) in [5, 5.41) is 21.1. The van der Waals surface area contributed by atoms with Crippen molar-refractivity contribution in [1.82, 2.24) is 10.2 Å². The number of fused-ring (bicyclic) bond motifs is 1. The lowest BCUT2D eigenvalue weighted by Crippen LogP contribution is -1.99. The summed E-state index contributed by atoms with van der Waals surface area (Å²) in [4.78, 5) is 0. The van der Waals surface area contributed by atoms with E-state index in [-0.39, 0.29) is 5.75 Å². The van der Waals surface area contributed by atoms with Crippen LogP contribution in [0.3, 0.4) is 0 Å². The number of rotatable bonds is 4. The number of ether oxygens (including phenoxy) is 1. The second-order valence-electron chi connectivity index (χ2n) is 4.53. The largest absolute Gasteiger partial charge is 0.504 e. The number of methoxy groups -OCH3 is 1. The van der Waals surface area contributed by atoms with Crippen LogP contribution in [0.25, 0.3) is 10.9 Å². The van der Waals surface area contributed by atoms with Gasteiger partial charge >= 0.3 is 0 Å². The van der Waals surface area contributed by atoms with Gasteiger partial charge in [0.25, 0.3) is 0 Å². The highest BCUT2D eigenvalue weighted by Crippen LogP contribution is 2.26. The molecule has 0 fully saturated rings. The third kappa shape index (κ3) is 2.38. The highest BCUT2D eigenvalue weighted by atomic mass is 16.5. The van der Waals surface area contributed by atoms with Crippen molar-refractivity contribution < 1.29 is 9.84 Å². The molecule has 0 radical (unpaired) electrons. The molecule has 0 aliphatic rings. The SMILES string of the molecule is COc1ccc(CNc2ccc3cn[nH]c3c2)cc1O. The highest BCUT2D eigenvalue weighted by Gasteiger charge is 2.03. The third-order valence-electron chi connectivity index (χ3n) is 3.18. The van der Waals surface area contributed by atoms with E-state index in [9.17, 15) is 5.11 Å². The van der Waals surface area contributed by atoms with Gasteiger partial charge in [-0.05, 0) is 35.9 Å². The summed E-state index contributed by atoms with van der Waals surface area (Å²) in [5.74, 6) is 0.628. The van der Waals surface area contributed by atoms with Crippen molar-refractivity contribution in [2.75, 3.05) is 12.4 Å². The summed E-state index contributed by atoms with van der Waals surface area (Å²) in [5.41, 5.74) is 2.97. The monoisotopic (exact) mass is 269 g/mol. The van der Waals surface area contributed by atoms with Crippen LogP contribution in [0.2, 0.25) is 0 Å². The van der Waals surface area contributed by atoms with Crippen LogP contribution in [-0.4, -0.2) is 22.4 Å². The van der Waals surface area contributed by atoms with Crippen molar-refractivity contribution in [3.05, 3.63) is 48.2 Å². The van der Waals surface area contributed by atoms with Crippen LogP contribution in [0.15, 0.2) is 42.6 Å². The Hall–Kier alpha value is -2.69. The smallest absolute Gasteiger partial charge is 0.160 e. The lowest BCUT2D eigenvalue weighted by Gasteiger charge is -2.09.